The topological polar surface area (TPSA) is 76.4 Å². The number of carbonyl (C=O) groups is 1. The van der Waals surface area contributed by atoms with Crippen LogP contribution in [-0.2, 0) is 6.54 Å². The molecule has 0 saturated carbocycles. The van der Waals surface area contributed by atoms with Crippen molar-refractivity contribution in [3.05, 3.63) is 89.7 Å². The van der Waals surface area contributed by atoms with Gasteiger partial charge in [-0.3, -0.25) is 0 Å². The van der Waals surface area contributed by atoms with Crippen LogP contribution in [0.1, 0.15) is 16.7 Å². The van der Waals surface area contributed by atoms with E-state index >= 15 is 0 Å². The molecule has 0 aliphatic carbocycles. The van der Waals surface area contributed by atoms with Gasteiger partial charge in [-0.15, -0.1) is 0 Å². The fourth-order valence-corrected chi connectivity index (χ4v) is 3.43. The van der Waals surface area contributed by atoms with Crippen molar-refractivity contribution < 1.29 is 13.9 Å². The van der Waals surface area contributed by atoms with E-state index in [-0.39, 0.29) is 6.03 Å². The first-order valence-electron chi connectivity index (χ1n) is 10.3. The minimum Gasteiger partial charge on any atom is -0.497 e. The number of methoxy groups -OCH3 is 1. The Bertz CT molecular complexity index is 1210. The summed E-state index contributed by atoms with van der Waals surface area (Å²) in [5.74, 6) is 1.32. The molecule has 6 heteroatoms. The first-order valence-corrected chi connectivity index (χ1v) is 10.3. The van der Waals surface area contributed by atoms with Crippen molar-refractivity contribution in [1.82, 2.24) is 10.3 Å². The van der Waals surface area contributed by atoms with Gasteiger partial charge in [-0.05, 0) is 61.4 Å². The van der Waals surface area contributed by atoms with Gasteiger partial charge in [0.25, 0.3) is 0 Å². The van der Waals surface area contributed by atoms with Gasteiger partial charge in [-0.25, -0.2) is 9.78 Å². The van der Waals surface area contributed by atoms with Crippen molar-refractivity contribution in [3.63, 3.8) is 0 Å². The van der Waals surface area contributed by atoms with E-state index in [0.717, 1.165) is 33.7 Å². The maximum atomic E-state index is 12.2. The molecule has 3 aromatic carbocycles. The molecule has 0 unspecified atom stereocenters. The van der Waals surface area contributed by atoms with E-state index in [4.69, 9.17) is 9.15 Å². The molecule has 32 heavy (non-hydrogen) atoms. The molecule has 0 bridgehead atoms. The van der Waals surface area contributed by atoms with Gasteiger partial charge in [0.1, 0.15) is 17.7 Å². The van der Waals surface area contributed by atoms with Gasteiger partial charge in [-0.2, -0.15) is 0 Å². The Hall–Kier alpha value is -4.06. The van der Waals surface area contributed by atoms with Gasteiger partial charge in [-0.1, -0.05) is 35.9 Å². The number of nitrogens with zero attached hydrogens (tertiary/aromatic N) is 1. The van der Waals surface area contributed by atoms with Crippen LogP contribution in [0.4, 0.5) is 10.5 Å². The summed E-state index contributed by atoms with van der Waals surface area (Å²) >= 11 is 0. The summed E-state index contributed by atoms with van der Waals surface area (Å²) in [5, 5.41) is 5.67. The molecule has 0 aliphatic rings. The number of nitrogens with one attached hydrogen (secondary N) is 2. The zero-order valence-electron chi connectivity index (χ0n) is 18.3. The summed E-state index contributed by atoms with van der Waals surface area (Å²) < 4.78 is 10.8. The zero-order chi connectivity index (χ0) is 22.5. The van der Waals surface area contributed by atoms with Gasteiger partial charge >= 0.3 is 6.03 Å². The van der Waals surface area contributed by atoms with E-state index in [1.54, 1.807) is 13.4 Å². The predicted molar refractivity (Wildman–Crippen MR) is 126 cm³/mol. The van der Waals surface area contributed by atoms with Crippen LogP contribution in [0, 0.1) is 13.8 Å². The Morgan fingerprint density at radius 2 is 1.75 bits per heavy atom. The van der Waals surface area contributed by atoms with Crippen molar-refractivity contribution in [2.75, 3.05) is 12.4 Å². The highest BCUT2D eigenvalue weighted by molar-refractivity contribution is 5.89. The molecule has 1 aromatic heterocycles. The smallest absolute Gasteiger partial charge is 0.319 e. The van der Waals surface area contributed by atoms with Crippen LogP contribution >= 0.6 is 0 Å². The lowest BCUT2D eigenvalue weighted by Crippen LogP contribution is -2.28. The molecule has 4 aromatic rings. The van der Waals surface area contributed by atoms with E-state index in [1.807, 2.05) is 48.5 Å². The highest BCUT2D eigenvalue weighted by Gasteiger charge is 2.11. The summed E-state index contributed by atoms with van der Waals surface area (Å²) in [6.45, 7) is 4.56. The Morgan fingerprint density at radius 3 is 2.44 bits per heavy atom. The number of benzene rings is 3. The molecule has 4 rings (SSSR count). The highest BCUT2D eigenvalue weighted by atomic mass is 16.5. The van der Waals surface area contributed by atoms with E-state index in [9.17, 15) is 4.79 Å². The van der Waals surface area contributed by atoms with Crippen LogP contribution in [0.5, 0.6) is 5.75 Å². The largest absolute Gasteiger partial charge is 0.497 e. The molecular weight excluding hydrogens is 402 g/mol. The van der Waals surface area contributed by atoms with Gasteiger partial charge < -0.3 is 19.8 Å². The van der Waals surface area contributed by atoms with Crippen LogP contribution < -0.4 is 15.4 Å². The molecule has 2 N–H and O–H groups in total. The lowest BCUT2D eigenvalue weighted by Gasteiger charge is -2.08. The number of oxazole rings is 1. The zero-order valence-corrected chi connectivity index (χ0v) is 18.3. The van der Waals surface area contributed by atoms with Gasteiger partial charge in [0.05, 0.1) is 7.11 Å². The first kappa shape index (κ1) is 21.2. The van der Waals surface area contributed by atoms with Crippen LogP contribution in [0.2, 0.25) is 0 Å². The fraction of sp³-hybridized carbons (Fsp3) is 0.154. The third kappa shape index (κ3) is 4.98. The minimum absolute atomic E-state index is 0.276. The Morgan fingerprint density at radius 1 is 1.00 bits per heavy atom. The van der Waals surface area contributed by atoms with Gasteiger partial charge in [0.15, 0.2) is 0 Å². The average Bonchev–Trinajstić information content (AvgIpc) is 3.28. The van der Waals surface area contributed by atoms with E-state index in [1.165, 1.54) is 5.56 Å². The van der Waals surface area contributed by atoms with Crippen LogP contribution in [0.3, 0.4) is 0 Å². The van der Waals surface area contributed by atoms with Crippen molar-refractivity contribution in [3.8, 4) is 28.5 Å². The summed E-state index contributed by atoms with van der Waals surface area (Å²) in [6.07, 6.45) is 1.67. The summed E-state index contributed by atoms with van der Waals surface area (Å²) in [4.78, 5) is 16.8. The third-order valence-electron chi connectivity index (χ3n) is 5.16. The maximum Gasteiger partial charge on any atom is 0.319 e. The highest BCUT2D eigenvalue weighted by Crippen LogP contribution is 2.28. The Kier molecular flexibility index (Phi) is 6.22. The van der Waals surface area contributed by atoms with E-state index in [0.29, 0.717) is 18.1 Å². The average molecular weight is 428 g/mol. The van der Waals surface area contributed by atoms with Crippen molar-refractivity contribution in [2.45, 2.75) is 20.4 Å². The maximum absolute atomic E-state index is 12.2. The standard InChI is InChI=1S/C26H25N3O3/c1-17-4-13-23(18(2)14-17)24-16-32-25(29-24)20-7-9-21(10-8-20)28-26(30)27-15-19-5-11-22(31-3)12-6-19/h4-14,16H,15H2,1-3H3,(H2,27,28,30). The summed E-state index contributed by atoms with van der Waals surface area (Å²) in [6, 6.07) is 20.9. The quantitative estimate of drug-likeness (QED) is 0.398. The number of hydrogen-bond donors (Lipinski definition) is 2. The second kappa shape index (κ2) is 9.39. The lowest BCUT2D eigenvalue weighted by atomic mass is 10.0. The number of urea groups is 1. The number of aryl methyl sites for hydroxylation is 2. The van der Waals surface area contributed by atoms with Crippen molar-refractivity contribution >= 4 is 11.7 Å². The molecule has 2 amide bonds. The lowest BCUT2D eigenvalue weighted by molar-refractivity contribution is 0.251. The third-order valence-corrected chi connectivity index (χ3v) is 5.16. The fourth-order valence-electron chi connectivity index (χ4n) is 3.43. The predicted octanol–water partition coefficient (Wildman–Crippen LogP) is 5.96. The van der Waals surface area contributed by atoms with E-state index in [2.05, 4.69) is 47.7 Å². The number of hydrogen-bond acceptors (Lipinski definition) is 4. The molecule has 6 nitrogen and oxygen atoms in total. The molecule has 0 aliphatic heterocycles. The number of ether oxygens (including phenoxy) is 1. The molecule has 162 valence electrons. The second-order valence-electron chi connectivity index (χ2n) is 7.59. The van der Waals surface area contributed by atoms with Gasteiger partial charge in [0.2, 0.25) is 5.89 Å². The van der Waals surface area contributed by atoms with Gasteiger partial charge in [0, 0.05) is 23.4 Å². The normalized spacial score (nSPS) is 10.6. The Balaban J connectivity index is 1.36. The Labute approximate surface area is 187 Å². The molecule has 0 saturated heterocycles. The number of anilines is 1. The summed E-state index contributed by atoms with van der Waals surface area (Å²) in [7, 11) is 1.62. The second-order valence-corrected chi connectivity index (χ2v) is 7.59. The van der Waals surface area contributed by atoms with Crippen LogP contribution in [-0.4, -0.2) is 18.1 Å². The molecule has 1 heterocycles. The SMILES string of the molecule is COc1ccc(CNC(=O)Nc2ccc(-c3nc(-c4ccc(C)cc4C)co3)cc2)cc1. The van der Waals surface area contributed by atoms with Crippen LogP contribution in [0.25, 0.3) is 22.7 Å². The molecule has 0 radical (unpaired) electrons. The van der Waals surface area contributed by atoms with Crippen molar-refractivity contribution in [2.24, 2.45) is 0 Å². The minimum atomic E-state index is -0.276. The number of aromatic nitrogens is 1. The molecule has 0 atom stereocenters. The van der Waals surface area contributed by atoms with Crippen LogP contribution in [0.15, 0.2) is 77.4 Å². The number of carbonyl (C=O) groups excluding carboxylic acids is 1. The number of amides is 2. The molecular formula is C26H25N3O3. The first-order chi connectivity index (χ1) is 15.5. The molecule has 0 fully saturated rings. The monoisotopic (exact) mass is 427 g/mol. The molecule has 0 spiro atoms. The summed E-state index contributed by atoms with van der Waals surface area (Å²) in [5.41, 5.74) is 6.73. The van der Waals surface area contributed by atoms with Crippen molar-refractivity contribution in [1.29, 1.82) is 0 Å². The number of rotatable bonds is 6. The van der Waals surface area contributed by atoms with E-state index < -0.39 is 0 Å².